The number of aryl methyl sites for hydroxylation is 1. The molecule has 0 N–H and O–H groups in total. The average molecular weight is 845 g/mol. The van der Waals surface area contributed by atoms with E-state index >= 15 is 0 Å². The summed E-state index contributed by atoms with van der Waals surface area (Å²) in [5.41, 5.74) is 10.2. The van der Waals surface area contributed by atoms with Gasteiger partial charge in [0.2, 0.25) is 0 Å². The minimum absolute atomic E-state index is 0.174. The summed E-state index contributed by atoms with van der Waals surface area (Å²) in [6.45, 7) is 4.33. The van der Waals surface area contributed by atoms with Crippen LogP contribution >= 0.6 is 0 Å². The summed E-state index contributed by atoms with van der Waals surface area (Å²) in [5.74, 6) is -0.715. The summed E-state index contributed by atoms with van der Waals surface area (Å²) >= 11 is 0. The number of nitrogens with zero attached hydrogens (tertiary/aromatic N) is 2. The van der Waals surface area contributed by atoms with Crippen LogP contribution in [0, 0.1) is 0 Å². The fraction of sp³-hybridized carbons (Fsp3) is 0.0847. The molecule has 6 nitrogen and oxygen atoms in total. The van der Waals surface area contributed by atoms with Gasteiger partial charge in [0, 0.05) is 77.7 Å². The van der Waals surface area contributed by atoms with E-state index in [9.17, 15) is 19.2 Å². The van der Waals surface area contributed by atoms with Crippen LogP contribution in [0.5, 0.6) is 0 Å². The van der Waals surface area contributed by atoms with E-state index in [2.05, 4.69) is 47.2 Å². The van der Waals surface area contributed by atoms with Crippen molar-refractivity contribution in [2.75, 3.05) is 0 Å². The van der Waals surface area contributed by atoms with Crippen molar-refractivity contribution in [1.82, 2.24) is 9.13 Å². The normalized spacial score (nSPS) is 11.4. The predicted octanol–water partition coefficient (Wildman–Crippen LogP) is 13.2. The molecule has 0 aliphatic carbocycles. The molecule has 0 amide bonds. The molecular weight excluding hydrogens is 801 g/mol. The Hall–Kier alpha value is -8.22. The molecule has 0 aliphatic heterocycles. The van der Waals surface area contributed by atoms with Crippen molar-refractivity contribution in [3.05, 3.63) is 250 Å². The molecule has 0 radical (unpaired) electrons. The van der Waals surface area contributed by atoms with Gasteiger partial charge in [-0.1, -0.05) is 166 Å². The molecule has 2 aromatic heterocycles. The number of ketones is 4. The lowest BCUT2D eigenvalue weighted by Crippen LogP contribution is -2.10. The number of aromatic nitrogens is 2. The van der Waals surface area contributed by atoms with Crippen molar-refractivity contribution < 1.29 is 19.2 Å². The Morgan fingerprint density at radius 3 is 1.20 bits per heavy atom. The number of rotatable bonds is 13. The first-order chi connectivity index (χ1) is 31.8. The summed E-state index contributed by atoms with van der Waals surface area (Å²) in [5, 5.41) is 3.07. The first kappa shape index (κ1) is 40.8. The van der Waals surface area contributed by atoms with Gasteiger partial charge in [-0.05, 0) is 66.9 Å². The zero-order valence-corrected chi connectivity index (χ0v) is 36.1. The molecule has 0 bridgehead atoms. The Morgan fingerprint density at radius 1 is 0.385 bits per heavy atom. The summed E-state index contributed by atoms with van der Waals surface area (Å²) in [6.07, 6.45) is 2.28. The van der Waals surface area contributed by atoms with E-state index in [1.807, 2.05) is 109 Å². The van der Waals surface area contributed by atoms with Crippen LogP contribution in [-0.2, 0) is 12.8 Å². The van der Waals surface area contributed by atoms with Crippen LogP contribution in [0.3, 0.4) is 0 Å². The third-order valence-electron chi connectivity index (χ3n) is 12.4. The van der Waals surface area contributed by atoms with Gasteiger partial charge in [0.1, 0.15) is 0 Å². The standard InChI is InChI=1S/C59H44N2O4/c1-3-19-51-48(4-2)54-53(60(51)46-34-42(56(62)38-20-9-5-10-21-38)32-43(35-46)57(63)39-22-11-6-12-23-39)31-30-50-49-28-17-18-29-52(49)61(55(50)54)47-36-44(58(64)40-24-13-7-14-25-40)33-45(37-47)59(65)41-26-15-8-16-27-41/h5-18,20-37H,3-4,19H2,1-2H3. The smallest absolute Gasteiger partial charge is 0.193 e. The van der Waals surface area contributed by atoms with E-state index in [1.54, 1.807) is 60.7 Å². The van der Waals surface area contributed by atoms with E-state index in [4.69, 9.17) is 0 Å². The first-order valence-electron chi connectivity index (χ1n) is 22.1. The van der Waals surface area contributed by atoms with Crippen molar-refractivity contribution in [1.29, 1.82) is 0 Å². The zero-order valence-electron chi connectivity index (χ0n) is 36.1. The van der Waals surface area contributed by atoms with Crippen LogP contribution in [0.15, 0.2) is 194 Å². The lowest BCUT2D eigenvalue weighted by atomic mass is 9.96. The minimum Gasteiger partial charge on any atom is -0.313 e. The van der Waals surface area contributed by atoms with Gasteiger partial charge in [-0.3, -0.25) is 19.2 Å². The highest BCUT2D eigenvalue weighted by molar-refractivity contribution is 6.21. The number of carbonyl (C=O) groups excluding carboxylic acids is 4. The predicted molar refractivity (Wildman–Crippen MR) is 260 cm³/mol. The number of hydrogen-bond donors (Lipinski definition) is 0. The molecule has 0 saturated heterocycles. The minimum atomic E-state index is -0.183. The number of carbonyl (C=O) groups is 4. The Bertz CT molecular complexity index is 3330. The molecule has 0 fully saturated rings. The molecule has 0 saturated carbocycles. The molecule has 10 aromatic rings. The van der Waals surface area contributed by atoms with Crippen LogP contribution in [0.4, 0.5) is 0 Å². The number of hydrogen-bond acceptors (Lipinski definition) is 4. The second-order valence-electron chi connectivity index (χ2n) is 16.4. The van der Waals surface area contributed by atoms with Crippen LogP contribution in [0.2, 0.25) is 0 Å². The largest absolute Gasteiger partial charge is 0.313 e. The molecule has 65 heavy (non-hydrogen) atoms. The number of fused-ring (bicyclic) bond motifs is 5. The summed E-state index contributed by atoms with van der Waals surface area (Å²) in [4.78, 5) is 57.3. The van der Waals surface area contributed by atoms with Crippen molar-refractivity contribution in [2.45, 2.75) is 33.1 Å². The molecule has 8 aromatic carbocycles. The first-order valence-corrected chi connectivity index (χ1v) is 22.1. The van der Waals surface area contributed by atoms with E-state index in [-0.39, 0.29) is 23.1 Å². The van der Waals surface area contributed by atoms with Gasteiger partial charge < -0.3 is 9.13 Å². The van der Waals surface area contributed by atoms with E-state index in [0.29, 0.717) is 62.3 Å². The Morgan fingerprint density at radius 2 is 0.785 bits per heavy atom. The fourth-order valence-corrected chi connectivity index (χ4v) is 9.43. The molecule has 0 unspecified atom stereocenters. The zero-order chi connectivity index (χ0) is 44.6. The topological polar surface area (TPSA) is 78.1 Å². The second kappa shape index (κ2) is 17.2. The van der Waals surface area contributed by atoms with Gasteiger partial charge in [0.25, 0.3) is 0 Å². The molecule has 314 valence electrons. The second-order valence-corrected chi connectivity index (χ2v) is 16.4. The fourth-order valence-electron chi connectivity index (χ4n) is 9.43. The van der Waals surface area contributed by atoms with Gasteiger partial charge in [0.05, 0.1) is 16.6 Å². The summed E-state index contributed by atoms with van der Waals surface area (Å²) < 4.78 is 4.44. The number of benzene rings is 8. The summed E-state index contributed by atoms with van der Waals surface area (Å²) in [6, 6.07) is 60.2. The van der Waals surface area contributed by atoms with Gasteiger partial charge in [-0.2, -0.15) is 0 Å². The molecule has 0 aliphatic rings. The van der Waals surface area contributed by atoms with Gasteiger partial charge in [0.15, 0.2) is 23.1 Å². The molecule has 0 spiro atoms. The molecule has 0 atom stereocenters. The maximum atomic E-state index is 14.4. The van der Waals surface area contributed by atoms with Crippen LogP contribution in [0.25, 0.3) is 44.1 Å². The quantitative estimate of drug-likeness (QED) is 0.108. The van der Waals surface area contributed by atoms with E-state index < -0.39 is 0 Å². The third-order valence-corrected chi connectivity index (χ3v) is 12.4. The van der Waals surface area contributed by atoms with Crippen molar-refractivity contribution in [2.24, 2.45) is 0 Å². The SMILES string of the molecule is CCCc1c(CC)c2c(ccc3c4ccccc4n(-c4cc(C(=O)c5ccccc5)cc(C(=O)c5ccccc5)c4)c32)n1-c1cc(C(=O)c2ccccc2)cc(C(=O)c2ccccc2)c1. The lowest BCUT2D eigenvalue weighted by molar-refractivity contribution is 0.102. The van der Waals surface area contributed by atoms with Gasteiger partial charge in [-0.15, -0.1) is 0 Å². The van der Waals surface area contributed by atoms with Crippen LogP contribution < -0.4 is 0 Å². The lowest BCUT2D eigenvalue weighted by Gasteiger charge is -2.15. The van der Waals surface area contributed by atoms with Gasteiger partial charge >= 0.3 is 0 Å². The Labute approximate surface area is 377 Å². The molecule has 10 rings (SSSR count). The molecule has 2 heterocycles. The number of para-hydroxylation sites is 1. The third kappa shape index (κ3) is 7.29. The van der Waals surface area contributed by atoms with Crippen molar-refractivity contribution in [3.63, 3.8) is 0 Å². The Kier molecular flexibility index (Phi) is 10.8. The maximum absolute atomic E-state index is 14.4. The van der Waals surface area contributed by atoms with Crippen molar-refractivity contribution in [3.8, 4) is 11.4 Å². The monoisotopic (exact) mass is 844 g/mol. The van der Waals surface area contributed by atoms with Crippen LogP contribution in [-0.4, -0.2) is 32.3 Å². The molecule has 6 heteroatoms. The Balaban J connectivity index is 1.28. The van der Waals surface area contributed by atoms with E-state index in [0.717, 1.165) is 56.8 Å². The van der Waals surface area contributed by atoms with Crippen LogP contribution in [0.1, 0.15) is 95.2 Å². The average Bonchev–Trinajstić information content (AvgIpc) is 3.88. The maximum Gasteiger partial charge on any atom is 0.193 e. The molecular formula is C59H44N2O4. The summed E-state index contributed by atoms with van der Waals surface area (Å²) in [7, 11) is 0. The highest BCUT2D eigenvalue weighted by atomic mass is 16.1. The van der Waals surface area contributed by atoms with Gasteiger partial charge in [-0.25, -0.2) is 0 Å². The highest BCUT2D eigenvalue weighted by Gasteiger charge is 2.26. The van der Waals surface area contributed by atoms with Crippen molar-refractivity contribution >= 4 is 55.8 Å². The van der Waals surface area contributed by atoms with E-state index in [1.165, 1.54) is 0 Å². The highest BCUT2D eigenvalue weighted by Crippen LogP contribution is 2.42.